The van der Waals surface area contributed by atoms with Crippen LogP contribution < -0.4 is 10.1 Å². The van der Waals surface area contributed by atoms with Gasteiger partial charge >= 0.3 is 0 Å². The molecular formula is C29H31N3O3S. The normalized spacial score (nSPS) is 23.1. The number of ether oxygens (including phenoxy) is 1. The second-order valence-corrected chi connectivity index (χ2v) is 12.2. The van der Waals surface area contributed by atoms with Crippen LogP contribution in [0.25, 0.3) is 10.4 Å². The molecular weight excluding hydrogens is 470 g/mol. The topological polar surface area (TPSA) is 71.5 Å². The molecule has 2 aliphatic heterocycles. The maximum atomic E-state index is 13.9. The smallest absolute Gasteiger partial charge is 0.274 e. The van der Waals surface area contributed by atoms with Crippen LogP contribution in [0.1, 0.15) is 63.7 Å². The lowest BCUT2D eigenvalue weighted by Crippen LogP contribution is -2.45. The number of piperidine rings is 1. The fourth-order valence-corrected chi connectivity index (χ4v) is 6.74. The Hall–Kier alpha value is -3.19. The average molecular weight is 502 g/mol. The molecule has 7 heteroatoms. The first-order chi connectivity index (χ1) is 17.2. The fourth-order valence-electron chi connectivity index (χ4n) is 5.83. The van der Waals surface area contributed by atoms with Crippen molar-refractivity contribution in [3.63, 3.8) is 0 Å². The predicted octanol–water partition coefficient (Wildman–Crippen LogP) is 5.17. The molecule has 0 bridgehead atoms. The van der Waals surface area contributed by atoms with Crippen molar-refractivity contribution in [2.75, 3.05) is 6.54 Å². The molecule has 1 aliphatic carbocycles. The maximum Gasteiger partial charge on any atom is 0.274 e. The van der Waals surface area contributed by atoms with Crippen molar-refractivity contribution in [3.8, 4) is 16.2 Å². The van der Waals surface area contributed by atoms with Crippen molar-refractivity contribution in [2.24, 2.45) is 5.92 Å². The van der Waals surface area contributed by atoms with Gasteiger partial charge in [0.25, 0.3) is 11.8 Å². The molecule has 1 saturated carbocycles. The van der Waals surface area contributed by atoms with Gasteiger partial charge in [-0.2, -0.15) is 0 Å². The number of likely N-dealkylation sites (tertiary alicyclic amines) is 1. The summed E-state index contributed by atoms with van der Waals surface area (Å²) in [5.74, 6) is 1.03. The number of para-hydroxylation sites is 1. The Morgan fingerprint density at radius 2 is 1.97 bits per heavy atom. The highest BCUT2D eigenvalue weighted by Crippen LogP contribution is 2.49. The molecule has 3 heterocycles. The molecule has 1 saturated heterocycles. The van der Waals surface area contributed by atoms with Gasteiger partial charge in [-0.1, -0.05) is 42.0 Å². The summed E-state index contributed by atoms with van der Waals surface area (Å²) in [6, 6.07) is 14.2. The number of thiazole rings is 1. The quantitative estimate of drug-likeness (QED) is 0.523. The molecule has 2 amide bonds. The largest absolute Gasteiger partial charge is 0.486 e. The highest BCUT2D eigenvalue weighted by molar-refractivity contribution is 7.15. The van der Waals surface area contributed by atoms with E-state index < -0.39 is 0 Å². The van der Waals surface area contributed by atoms with Gasteiger partial charge in [-0.05, 0) is 63.6 Å². The van der Waals surface area contributed by atoms with Crippen LogP contribution in [0.5, 0.6) is 5.75 Å². The Morgan fingerprint density at radius 3 is 2.78 bits per heavy atom. The number of hydrogen-bond acceptors (Lipinski definition) is 5. The van der Waals surface area contributed by atoms with Gasteiger partial charge < -0.3 is 15.0 Å². The number of hydrogen-bond donors (Lipinski definition) is 1. The van der Waals surface area contributed by atoms with Crippen molar-refractivity contribution in [2.45, 2.75) is 64.6 Å². The zero-order chi connectivity index (χ0) is 25.2. The maximum absolute atomic E-state index is 13.9. The Kier molecular flexibility index (Phi) is 5.45. The number of nitrogens with zero attached hydrogens (tertiary/aromatic N) is 2. The first-order valence-corrected chi connectivity index (χ1v) is 13.5. The third-order valence-electron chi connectivity index (χ3n) is 7.50. The third kappa shape index (κ3) is 4.09. The van der Waals surface area contributed by atoms with Gasteiger partial charge in [-0.15, -0.1) is 11.3 Å². The molecule has 2 unspecified atom stereocenters. The summed E-state index contributed by atoms with van der Waals surface area (Å²) in [4.78, 5) is 34.6. The fraction of sp³-hybridized carbons (Fsp3) is 0.414. The molecule has 0 spiro atoms. The van der Waals surface area contributed by atoms with E-state index in [4.69, 9.17) is 4.74 Å². The van der Waals surface area contributed by atoms with E-state index in [1.165, 1.54) is 0 Å². The third-order valence-corrected chi connectivity index (χ3v) is 8.52. The second-order valence-electron chi connectivity index (χ2n) is 11.0. The van der Waals surface area contributed by atoms with Gasteiger partial charge in [-0.3, -0.25) is 9.59 Å². The number of benzene rings is 2. The zero-order valence-corrected chi connectivity index (χ0v) is 21.9. The van der Waals surface area contributed by atoms with Gasteiger partial charge in [0.1, 0.15) is 17.0 Å². The van der Waals surface area contributed by atoms with Crippen LogP contribution in [0.2, 0.25) is 0 Å². The lowest BCUT2D eigenvalue weighted by molar-refractivity contribution is 0.0683. The molecule has 3 atom stereocenters. The minimum absolute atomic E-state index is 0.0224. The number of aromatic nitrogens is 1. The summed E-state index contributed by atoms with van der Waals surface area (Å²) in [5.41, 5.74) is 4.03. The van der Waals surface area contributed by atoms with Crippen molar-refractivity contribution < 1.29 is 14.3 Å². The lowest BCUT2D eigenvalue weighted by Gasteiger charge is -2.28. The average Bonchev–Trinajstić information content (AvgIpc) is 3.16. The molecule has 0 radical (unpaired) electrons. The SMILES string of the molecule is Cc1cccc(-c2sc(C)nc2C(=O)N2C(CNC(=O)c3cccc4c3OC(C)(C)C4)CC3C[C@@H]32)c1. The van der Waals surface area contributed by atoms with Gasteiger partial charge in [0, 0.05) is 19.0 Å². The number of carbonyl (C=O) groups excluding carboxylic acids is 2. The second kappa shape index (κ2) is 8.44. The lowest BCUT2D eigenvalue weighted by atomic mass is 10.0. The standard InChI is InChI=1S/C29H31N3O3S/c1-16-7-5-8-18(11-16)26-24(31-17(2)36-26)28(34)32-21(12-20-13-23(20)32)15-30-27(33)22-10-6-9-19-14-29(3,4)35-25(19)22/h5-11,20-21,23H,12-15H2,1-4H3,(H,30,33)/t20?,21?,23-/m0/s1. The summed E-state index contributed by atoms with van der Waals surface area (Å²) in [6.07, 6.45) is 2.73. The van der Waals surface area contributed by atoms with E-state index in [9.17, 15) is 9.59 Å². The van der Waals surface area contributed by atoms with E-state index in [1.54, 1.807) is 11.3 Å². The van der Waals surface area contributed by atoms with Gasteiger partial charge in [0.05, 0.1) is 21.5 Å². The van der Waals surface area contributed by atoms with Crippen molar-refractivity contribution >= 4 is 23.2 Å². The summed E-state index contributed by atoms with van der Waals surface area (Å²) < 4.78 is 6.09. The summed E-state index contributed by atoms with van der Waals surface area (Å²) in [6.45, 7) is 8.50. The Bertz CT molecular complexity index is 1380. The van der Waals surface area contributed by atoms with E-state index >= 15 is 0 Å². The van der Waals surface area contributed by atoms with Crippen LogP contribution in [-0.4, -0.2) is 45.9 Å². The minimum Gasteiger partial charge on any atom is -0.486 e. The zero-order valence-electron chi connectivity index (χ0n) is 21.1. The number of amides is 2. The number of fused-ring (bicyclic) bond motifs is 2. The highest BCUT2D eigenvalue weighted by atomic mass is 32.1. The summed E-state index contributed by atoms with van der Waals surface area (Å²) >= 11 is 1.56. The Balaban J connectivity index is 1.21. The summed E-state index contributed by atoms with van der Waals surface area (Å²) in [5, 5.41) is 3.99. The monoisotopic (exact) mass is 501 g/mol. The first-order valence-electron chi connectivity index (χ1n) is 12.7. The molecule has 2 fully saturated rings. The Morgan fingerprint density at radius 1 is 1.17 bits per heavy atom. The number of carbonyl (C=O) groups is 2. The molecule has 2 aromatic carbocycles. The van der Waals surface area contributed by atoms with E-state index in [0.29, 0.717) is 29.5 Å². The first kappa shape index (κ1) is 23.2. The van der Waals surface area contributed by atoms with E-state index in [0.717, 1.165) is 45.8 Å². The molecule has 186 valence electrons. The molecule has 3 aliphatic rings. The van der Waals surface area contributed by atoms with Crippen LogP contribution in [0, 0.1) is 19.8 Å². The van der Waals surface area contributed by atoms with E-state index in [-0.39, 0.29) is 29.5 Å². The van der Waals surface area contributed by atoms with Crippen molar-refractivity contribution in [1.82, 2.24) is 15.2 Å². The van der Waals surface area contributed by atoms with Crippen LogP contribution in [0.4, 0.5) is 0 Å². The van der Waals surface area contributed by atoms with Crippen LogP contribution in [-0.2, 0) is 6.42 Å². The van der Waals surface area contributed by atoms with Crippen LogP contribution >= 0.6 is 11.3 Å². The number of aryl methyl sites for hydroxylation is 2. The Labute approximate surface area is 215 Å². The van der Waals surface area contributed by atoms with E-state index in [2.05, 4.69) is 29.4 Å². The van der Waals surface area contributed by atoms with Crippen LogP contribution in [0.15, 0.2) is 42.5 Å². The van der Waals surface area contributed by atoms with Gasteiger partial charge in [0.15, 0.2) is 0 Å². The minimum atomic E-state index is -0.310. The molecule has 36 heavy (non-hydrogen) atoms. The molecule has 6 nitrogen and oxygen atoms in total. The molecule has 6 rings (SSSR count). The number of rotatable bonds is 5. The van der Waals surface area contributed by atoms with Gasteiger partial charge in [0.2, 0.25) is 0 Å². The van der Waals surface area contributed by atoms with Crippen molar-refractivity contribution in [1.29, 1.82) is 0 Å². The predicted molar refractivity (Wildman–Crippen MR) is 141 cm³/mol. The number of nitrogens with one attached hydrogen (secondary N) is 1. The molecule has 3 aromatic rings. The van der Waals surface area contributed by atoms with Crippen LogP contribution in [0.3, 0.4) is 0 Å². The highest BCUT2D eigenvalue weighted by Gasteiger charge is 2.54. The molecule has 1 N–H and O–H groups in total. The molecule has 1 aromatic heterocycles. The van der Waals surface area contributed by atoms with E-state index in [1.807, 2.05) is 56.0 Å². The van der Waals surface area contributed by atoms with Gasteiger partial charge in [-0.25, -0.2) is 4.98 Å². The van der Waals surface area contributed by atoms with Crippen molar-refractivity contribution in [3.05, 3.63) is 69.9 Å². The summed E-state index contributed by atoms with van der Waals surface area (Å²) in [7, 11) is 0.